The molecule has 0 bridgehead atoms. The molecule has 2 aromatic carbocycles. The lowest BCUT2D eigenvalue weighted by Crippen LogP contribution is -2.35. The van der Waals surface area contributed by atoms with E-state index in [-0.39, 0.29) is 0 Å². The van der Waals surface area contributed by atoms with Gasteiger partial charge in [0, 0.05) is 12.6 Å². The maximum Gasteiger partial charge on any atom is 0.414 e. The van der Waals surface area contributed by atoms with E-state index in [1.807, 2.05) is 18.2 Å². The fraction of sp³-hybridized carbons (Fsp3) is 0.391. The average molecular weight is 415 g/mol. The van der Waals surface area contributed by atoms with Gasteiger partial charge < -0.3 is 25.4 Å². The van der Waals surface area contributed by atoms with Crippen LogP contribution in [0.4, 0.5) is 0 Å². The van der Waals surface area contributed by atoms with Gasteiger partial charge in [-0.3, -0.25) is 0 Å². The van der Waals surface area contributed by atoms with Crippen molar-refractivity contribution < 1.29 is 29.6 Å². The van der Waals surface area contributed by atoms with E-state index in [1.54, 1.807) is 0 Å². The van der Waals surface area contributed by atoms with Crippen molar-refractivity contribution in [2.45, 2.75) is 44.8 Å². The first kappa shape index (κ1) is 23.4. The minimum Gasteiger partial charge on any atom is -0.491 e. The molecule has 0 fully saturated rings. The summed E-state index contributed by atoms with van der Waals surface area (Å²) in [5.74, 6) is -2.77. The Balaban J connectivity index is 0.000000469. The zero-order valence-electron chi connectivity index (χ0n) is 17.1. The average Bonchev–Trinajstić information content (AvgIpc) is 2.76. The lowest BCUT2D eigenvalue weighted by Gasteiger charge is -2.27. The predicted octanol–water partition coefficient (Wildman–Crippen LogP) is 2.81. The van der Waals surface area contributed by atoms with Crippen molar-refractivity contribution in [1.82, 2.24) is 5.32 Å². The van der Waals surface area contributed by atoms with Gasteiger partial charge in [-0.1, -0.05) is 49.4 Å². The molecule has 0 spiro atoms. The predicted molar refractivity (Wildman–Crippen MR) is 113 cm³/mol. The molecule has 0 heterocycles. The molecule has 1 aliphatic rings. The number of carboxylic acid groups (broad SMARTS) is 2. The highest BCUT2D eigenvalue weighted by molar-refractivity contribution is 6.27. The molecule has 1 aliphatic carbocycles. The molecule has 0 saturated heterocycles. The Morgan fingerprint density at radius 2 is 1.77 bits per heavy atom. The monoisotopic (exact) mass is 415 g/mol. The van der Waals surface area contributed by atoms with Crippen molar-refractivity contribution in [2.75, 3.05) is 13.2 Å². The highest BCUT2D eigenvalue weighted by atomic mass is 16.5. The zero-order valence-corrected chi connectivity index (χ0v) is 17.1. The number of ether oxygens (including phenoxy) is 1. The summed E-state index contributed by atoms with van der Waals surface area (Å²) in [5.41, 5.74) is 4.00. The Bertz CT molecular complexity index is 826. The van der Waals surface area contributed by atoms with Crippen LogP contribution >= 0.6 is 0 Å². The second-order valence-electron chi connectivity index (χ2n) is 7.09. The Morgan fingerprint density at radius 3 is 2.47 bits per heavy atom. The van der Waals surface area contributed by atoms with E-state index >= 15 is 0 Å². The number of hydrogen-bond acceptors (Lipinski definition) is 5. The van der Waals surface area contributed by atoms with Gasteiger partial charge in [-0.15, -0.1) is 0 Å². The van der Waals surface area contributed by atoms with Crippen LogP contribution in [0.15, 0.2) is 48.5 Å². The van der Waals surface area contributed by atoms with E-state index in [0.717, 1.165) is 25.0 Å². The molecular formula is C23H29NO6. The van der Waals surface area contributed by atoms with Crippen molar-refractivity contribution in [2.24, 2.45) is 0 Å². The molecule has 0 radical (unpaired) electrons. The number of aliphatic hydroxyl groups excluding tert-OH is 1. The van der Waals surface area contributed by atoms with E-state index in [4.69, 9.17) is 24.5 Å². The van der Waals surface area contributed by atoms with E-state index in [0.29, 0.717) is 19.2 Å². The normalized spacial score (nSPS) is 15.9. The Hall–Kier alpha value is -2.90. The van der Waals surface area contributed by atoms with Crippen LogP contribution in [0, 0.1) is 0 Å². The first-order chi connectivity index (χ1) is 14.4. The third-order valence-electron chi connectivity index (χ3n) is 4.94. The number of benzene rings is 2. The first-order valence-electron chi connectivity index (χ1n) is 10.1. The number of hydrogen-bond donors (Lipinski definition) is 4. The Labute approximate surface area is 176 Å². The molecule has 3 rings (SSSR count). The molecular weight excluding hydrogens is 386 g/mol. The molecule has 0 amide bonds. The van der Waals surface area contributed by atoms with Gasteiger partial charge in [-0.2, -0.15) is 0 Å². The highest BCUT2D eigenvalue weighted by Gasteiger charge is 2.20. The SMILES string of the molecule is CCc1ccccc1OCC(O)CNC1CCCc2ccccc21.O=C(O)C(=O)O. The summed E-state index contributed by atoms with van der Waals surface area (Å²) in [4.78, 5) is 18.2. The molecule has 7 nitrogen and oxygen atoms in total. The van der Waals surface area contributed by atoms with Crippen LogP contribution in [0.2, 0.25) is 0 Å². The van der Waals surface area contributed by atoms with Crippen LogP contribution in [0.1, 0.15) is 42.5 Å². The van der Waals surface area contributed by atoms with E-state index < -0.39 is 18.0 Å². The Morgan fingerprint density at radius 1 is 1.10 bits per heavy atom. The van der Waals surface area contributed by atoms with Gasteiger partial charge in [0.15, 0.2) is 0 Å². The molecule has 0 saturated carbocycles. The van der Waals surface area contributed by atoms with Crippen LogP contribution in [0.3, 0.4) is 0 Å². The third kappa shape index (κ3) is 7.17. The van der Waals surface area contributed by atoms with Crippen molar-refractivity contribution in [3.63, 3.8) is 0 Å². The van der Waals surface area contributed by atoms with E-state index in [1.165, 1.54) is 23.1 Å². The third-order valence-corrected chi connectivity index (χ3v) is 4.94. The molecule has 0 aromatic heterocycles. The molecule has 30 heavy (non-hydrogen) atoms. The van der Waals surface area contributed by atoms with Crippen molar-refractivity contribution in [3.8, 4) is 5.75 Å². The number of aliphatic carboxylic acids is 2. The summed E-state index contributed by atoms with van der Waals surface area (Å²) in [6, 6.07) is 17.0. The maximum atomic E-state index is 10.3. The van der Waals surface area contributed by atoms with E-state index in [9.17, 15) is 5.11 Å². The quantitative estimate of drug-likeness (QED) is 0.514. The summed E-state index contributed by atoms with van der Waals surface area (Å²) in [6.45, 7) is 2.98. The van der Waals surface area contributed by atoms with Gasteiger partial charge in [0.1, 0.15) is 18.5 Å². The van der Waals surface area contributed by atoms with Crippen LogP contribution < -0.4 is 10.1 Å². The number of para-hydroxylation sites is 1. The molecule has 0 aliphatic heterocycles. The van der Waals surface area contributed by atoms with Gasteiger partial charge >= 0.3 is 11.9 Å². The molecule has 4 N–H and O–H groups in total. The minimum absolute atomic E-state index is 0.318. The van der Waals surface area contributed by atoms with Crippen LogP contribution in [-0.2, 0) is 22.4 Å². The highest BCUT2D eigenvalue weighted by Crippen LogP contribution is 2.29. The second kappa shape index (κ2) is 11.9. The fourth-order valence-electron chi connectivity index (χ4n) is 3.43. The summed E-state index contributed by atoms with van der Waals surface area (Å²) in [6.07, 6.45) is 3.91. The zero-order chi connectivity index (χ0) is 21.9. The Kier molecular flexibility index (Phi) is 9.31. The minimum atomic E-state index is -1.82. The number of aryl methyl sites for hydroxylation is 2. The fourth-order valence-corrected chi connectivity index (χ4v) is 3.43. The molecule has 7 heteroatoms. The topological polar surface area (TPSA) is 116 Å². The van der Waals surface area contributed by atoms with Crippen LogP contribution in [0.5, 0.6) is 5.75 Å². The molecule has 2 aromatic rings. The number of fused-ring (bicyclic) bond motifs is 1. The number of rotatable bonds is 7. The number of nitrogens with one attached hydrogen (secondary N) is 1. The lowest BCUT2D eigenvalue weighted by atomic mass is 9.88. The van der Waals surface area contributed by atoms with E-state index in [2.05, 4.69) is 42.6 Å². The standard InChI is InChI=1S/C21H27NO2.C2H2O4/c1-2-16-8-4-6-13-21(16)24-15-18(23)14-22-20-12-7-10-17-9-3-5-11-19(17)20;3-1(4)2(5)6/h3-6,8-9,11,13,18,20,22-23H,2,7,10,12,14-15H2,1H3;(H,3,4)(H,5,6). The second-order valence-corrected chi connectivity index (χ2v) is 7.09. The summed E-state index contributed by atoms with van der Waals surface area (Å²) in [7, 11) is 0. The number of carbonyl (C=O) groups is 2. The van der Waals surface area contributed by atoms with Crippen molar-refractivity contribution >= 4 is 11.9 Å². The van der Waals surface area contributed by atoms with Gasteiger partial charge in [0.05, 0.1) is 0 Å². The molecule has 2 atom stereocenters. The van der Waals surface area contributed by atoms with Crippen LogP contribution in [0.25, 0.3) is 0 Å². The summed E-state index contributed by atoms with van der Waals surface area (Å²) in [5, 5.41) is 28.6. The van der Waals surface area contributed by atoms with Gasteiger partial charge in [-0.05, 0) is 48.4 Å². The van der Waals surface area contributed by atoms with Gasteiger partial charge in [0.2, 0.25) is 0 Å². The molecule has 162 valence electrons. The van der Waals surface area contributed by atoms with Gasteiger partial charge in [0.25, 0.3) is 0 Å². The van der Waals surface area contributed by atoms with Crippen molar-refractivity contribution in [3.05, 3.63) is 65.2 Å². The first-order valence-corrected chi connectivity index (χ1v) is 10.1. The number of carboxylic acids is 2. The summed E-state index contributed by atoms with van der Waals surface area (Å²) >= 11 is 0. The molecule has 2 unspecified atom stereocenters. The van der Waals surface area contributed by atoms with Crippen molar-refractivity contribution in [1.29, 1.82) is 0 Å². The summed E-state index contributed by atoms with van der Waals surface area (Å²) < 4.78 is 5.81. The lowest BCUT2D eigenvalue weighted by molar-refractivity contribution is -0.159. The van der Waals surface area contributed by atoms with Crippen LogP contribution in [-0.4, -0.2) is 46.5 Å². The van der Waals surface area contributed by atoms with Gasteiger partial charge in [-0.25, -0.2) is 9.59 Å². The number of aliphatic hydroxyl groups is 1. The maximum absolute atomic E-state index is 10.3. The smallest absolute Gasteiger partial charge is 0.414 e. The largest absolute Gasteiger partial charge is 0.491 e.